The van der Waals surface area contributed by atoms with E-state index in [1.54, 1.807) is 0 Å². The number of aliphatic carboxylic acids is 3. The zero-order valence-corrected chi connectivity index (χ0v) is 16.0. The summed E-state index contributed by atoms with van der Waals surface area (Å²) >= 11 is 0. The molecule has 2 aliphatic carbocycles. The maximum atomic E-state index is 11.6. The predicted octanol–water partition coefficient (Wildman–Crippen LogP) is 3.04. The van der Waals surface area contributed by atoms with E-state index < -0.39 is 36.4 Å². The van der Waals surface area contributed by atoms with Crippen molar-refractivity contribution in [1.82, 2.24) is 0 Å². The first-order chi connectivity index (χ1) is 12.6. The molecule has 0 aromatic carbocycles. The van der Waals surface area contributed by atoms with Gasteiger partial charge in [0.25, 0.3) is 0 Å². The van der Waals surface area contributed by atoms with Crippen LogP contribution in [0.25, 0.3) is 0 Å². The molecule has 152 valence electrons. The Kier molecular flexibility index (Phi) is 6.68. The Bertz CT molecular complexity index is 613. The molecular weight excluding hydrogens is 352 g/mol. The van der Waals surface area contributed by atoms with Crippen molar-refractivity contribution in [3.8, 4) is 0 Å². The fraction of sp³-hybridized carbons (Fsp3) is 0.750. The zero-order chi connectivity index (χ0) is 20.4. The number of hydrogen-bond acceptors (Lipinski definition) is 4. The molecule has 2 fully saturated rings. The molecule has 0 amide bonds. The van der Waals surface area contributed by atoms with Crippen molar-refractivity contribution >= 4 is 17.9 Å². The minimum Gasteiger partial charge on any atom is -0.481 e. The van der Waals surface area contributed by atoms with Crippen LogP contribution >= 0.6 is 0 Å². The highest BCUT2D eigenvalue weighted by molar-refractivity contribution is 5.85. The van der Waals surface area contributed by atoms with Crippen LogP contribution in [0.5, 0.6) is 0 Å². The number of carboxylic acids is 3. The molecule has 2 aliphatic rings. The first-order valence-corrected chi connectivity index (χ1v) is 9.54. The summed E-state index contributed by atoms with van der Waals surface area (Å²) in [7, 11) is 0. The van der Waals surface area contributed by atoms with Crippen LogP contribution in [-0.4, -0.2) is 45.9 Å². The second-order valence-electron chi connectivity index (χ2n) is 8.37. The highest BCUT2D eigenvalue weighted by atomic mass is 16.5. The fourth-order valence-corrected chi connectivity index (χ4v) is 5.25. The second kappa shape index (κ2) is 8.42. The van der Waals surface area contributed by atoms with Gasteiger partial charge >= 0.3 is 17.9 Å². The Morgan fingerprint density at radius 3 is 2.44 bits per heavy atom. The third kappa shape index (κ3) is 4.51. The lowest BCUT2D eigenvalue weighted by molar-refractivity contribution is -0.169. The van der Waals surface area contributed by atoms with Gasteiger partial charge in [0.2, 0.25) is 0 Å². The molecule has 0 radical (unpaired) electrons. The van der Waals surface area contributed by atoms with E-state index in [1.807, 2.05) is 0 Å². The van der Waals surface area contributed by atoms with Gasteiger partial charge in [0.05, 0.1) is 13.0 Å². The first kappa shape index (κ1) is 21.4. The third-order valence-electron chi connectivity index (χ3n) is 6.74. The Balaban J connectivity index is 2.19. The van der Waals surface area contributed by atoms with Gasteiger partial charge in [0.15, 0.2) is 6.10 Å². The maximum absolute atomic E-state index is 11.6. The highest BCUT2D eigenvalue weighted by Gasteiger charge is 2.49. The largest absolute Gasteiger partial charge is 0.481 e. The number of carbonyl (C=O) groups is 3. The van der Waals surface area contributed by atoms with E-state index in [0.717, 1.165) is 31.3 Å². The number of carboxylic acid groups (broad SMARTS) is 3. The summed E-state index contributed by atoms with van der Waals surface area (Å²) in [6, 6.07) is 0. The molecule has 0 heterocycles. The van der Waals surface area contributed by atoms with E-state index in [0.29, 0.717) is 11.8 Å². The highest BCUT2D eigenvalue weighted by Crippen LogP contribution is 2.56. The van der Waals surface area contributed by atoms with Crippen LogP contribution in [0.1, 0.15) is 52.4 Å². The lowest BCUT2D eigenvalue weighted by atomic mass is 9.52. The predicted molar refractivity (Wildman–Crippen MR) is 97.2 cm³/mol. The van der Waals surface area contributed by atoms with Crippen LogP contribution in [0.4, 0.5) is 0 Å². The lowest BCUT2D eigenvalue weighted by Gasteiger charge is -2.54. The van der Waals surface area contributed by atoms with Gasteiger partial charge in [-0.3, -0.25) is 9.59 Å². The summed E-state index contributed by atoms with van der Waals surface area (Å²) < 4.78 is 5.58. The van der Waals surface area contributed by atoms with Gasteiger partial charge in [0, 0.05) is 5.92 Å². The minimum absolute atomic E-state index is 0.0540. The SMILES string of the molecule is C=C1CC[C@H]2[C@@H](C)CCCC2(C)C1COC(C(=O)O)C(CC(=O)O)C(=O)O. The fourth-order valence-electron chi connectivity index (χ4n) is 5.25. The van der Waals surface area contributed by atoms with Gasteiger partial charge in [-0.1, -0.05) is 38.8 Å². The molecule has 0 aromatic heterocycles. The van der Waals surface area contributed by atoms with Crippen molar-refractivity contribution in [3.63, 3.8) is 0 Å². The van der Waals surface area contributed by atoms with Crippen LogP contribution in [0.3, 0.4) is 0 Å². The third-order valence-corrected chi connectivity index (χ3v) is 6.74. The van der Waals surface area contributed by atoms with Gasteiger partial charge in [-0.05, 0) is 36.5 Å². The van der Waals surface area contributed by atoms with Crippen LogP contribution < -0.4 is 0 Å². The van der Waals surface area contributed by atoms with E-state index in [9.17, 15) is 24.6 Å². The number of hydrogen-bond donors (Lipinski definition) is 3. The lowest BCUT2D eigenvalue weighted by Crippen LogP contribution is -2.48. The summed E-state index contributed by atoms with van der Waals surface area (Å²) in [4.78, 5) is 33.9. The Labute approximate surface area is 159 Å². The van der Waals surface area contributed by atoms with Crippen LogP contribution in [0.15, 0.2) is 12.2 Å². The number of fused-ring (bicyclic) bond motifs is 1. The maximum Gasteiger partial charge on any atom is 0.333 e. The monoisotopic (exact) mass is 382 g/mol. The van der Waals surface area contributed by atoms with Crippen molar-refractivity contribution in [2.24, 2.45) is 29.1 Å². The first-order valence-electron chi connectivity index (χ1n) is 9.54. The van der Waals surface area contributed by atoms with Gasteiger partial charge in [-0.25, -0.2) is 4.79 Å². The Morgan fingerprint density at radius 2 is 1.89 bits per heavy atom. The van der Waals surface area contributed by atoms with Crippen LogP contribution in [-0.2, 0) is 19.1 Å². The van der Waals surface area contributed by atoms with Crippen molar-refractivity contribution in [2.45, 2.75) is 58.5 Å². The minimum atomic E-state index is -1.70. The molecule has 0 bridgehead atoms. The van der Waals surface area contributed by atoms with Crippen LogP contribution in [0.2, 0.25) is 0 Å². The Hall–Kier alpha value is -1.89. The summed E-state index contributed by atoms with van der Waals surface area (Å²) in [5, 5.41) is 27.6. The van der Waals surface area contributed by atoms with E-state index in [1.165, 1.54) is 6.42 Å². The average molecular weight is 382 g/mol. The molecule has 0 saturated heterocycles. The van der Waals surface area contributed by atoms with Crippen molar-refractivity contribution in [1.29, 1.82) is 0 Å². The molecule has 27 heavy (non-hydrogen) atoms. The molecule has 2 saturated carbocycles. The molecule has 7 heteroatoms. The van der Waals surface area contributed by atoms with Crippen molar-refractivity contribution in [3.05, 3.63) is 12.2 Å². The second-order valence-corrected chi connectivity index (χ2v) is 8.37. The summed E-state index contributed by atoms with van der Waals surface area (Å²) in [5.41, 5.74) is 0.957. The quantitative estimate of drug-likeness (QED) is 0.552. The van der Waals surface area contributed by atoms with E-state index >= 15 is 0 Å². The van der Waals surface area contributed by atoms with Gasteiger partial charge < -0.3 is 20.1 Å². The van der Waals surface area contributed by atoms with E-state index in [4.69, 9.17) is 9.84 Å². The van der Waals surface area contributed by atoms with E-state index in [-0.39, 0.29) is 17.9 Å². The summed E-state index contributed by atoms with van der Waals surface area (Å²) in [6.07, 6.45) is 2.70. The number of ether oxygens (including phenoxy) is 1. The molecule has 0 aliphatic heterocycles. The average Bonchev–Trinajstić information content (AvgIpc) is 2.55. The molecule has 7 nitrogen and oxygen atoms in total. The zero-order valence-electron chi connectivity index (χ0n) is 16.0. The van der Waals surface area contributed by atoms with Gasteiger partial charge in [-0.15, -0.1) is 0 Å². The molecule has 4 unspecified atom stereocenters. The standard InChI is InChI=1S/C20H30O7/c1-11-5-4-8-20(3)14(11)7-6-12(2)15(20)10-27-17(19(25)26)13(18(23)24)9-16(21)22/h11,13-15,17H,2,4-10H2,1,3H3,(H,21,22)(H,23,24)(H,25,26)/t11-,13?,14-,15?,17?,20?/m0/s1. The number of rotatable bonds is 8. The molecule has 3 N–H and O–H groups in total. The van der Waals surface area contributed by atoms with Crippen molar-refractivity contribution < 1.29 is 34.4 Å². The Morgan fingerprint density at radius 1 is 1.22 bits per heavy atom. The molecule has 6 atom stereocenters. The topological polar surface area (TPSA) is 121 Å². The van der Waals surface area contributed by atoms with Gasteiger partial charge in [-0.2, -0.15) is 0 Å². The summed E-state index contributed by atoms with van der Waals surface area (Å²) in [6.45, 7) is 8.68. The molecular formula is C20H30O7. The summed E-state index contributed by atoms with van der Waals surface area (Å²) in [5.74, 6) is -4.92. The van der Waals surface area contributed by atoms with E-state index in [2.05, 4.69) is 20.4 Å². The van der Waals surface area contributed by atoms with Crippen LogP contribution in [0, 0.1) is 29.1 Å². The smallest absolute Gasteiger partial charge is 0.333 e. The molecule has 0 spiro atoms. The molecule has 2 rings (SSSR count). The molecule has 0 aromatic rings. The van der Waals surface area contributed by atoms with Crippen molar-refractivity contribution in [2.75, 3.05) is 6.61 Å². The normalized spacial score (nSPS) is 33.0. The van der Waals surface area contributed by atoms with Gasteiger partial charge in [0.1, 0.15) is 5.92 Å².